The van der Waals surface area contributed by atoms with Gasteiger partial charge in [-0.1, -0.05) is 6.07 Å². The zero-order valence-corrected chi connectivity index (χ0v) is 14.7. The predicted octanol–water partition coefficient (Wildman–Crippen LogP) is 3.29. The summed E-state index contributed by atoms with van der Waals surface area (Å²) in [5.74, 6) is 2.03. The van der Waals surface area contributed by atoms with E-state index in [1.54, 1.807) is 14.2 Å². The third-order valence-electron chi connectivity index (χ3n) is 3.93. The summed E-state index contributed by atoms with van der Waals surface area (Å²) in [6.07, 6.45) is 0.718. The molecule has 0 amide bonds. The van der Waals surface area contributed by atoms with Crippen molar-refractivity contribution in [2.24, 2.45) is 10.7 Å². The molecule has 5 nitrogen and oxygen atoms in total. The first kappa shape index (κ1) is 17.7. The molecule has 24 heavy (non-hydrogen) atoms. The highest BCUT2D eigenvalue weighted by atomic mass is 16.5. The highest BCUT2D eigenvalue weighted by Gasteiger charge is 2.05. The van der Waals surface area contributed by atoms with Gasteiger partial charge in [-0.05, 0) is 67.3 Å². The summed E-state index contributed by atoms with van der Waals surface area (Å²) >= 11 is 0. The van der Waals surface area contributed by atoms with Crippen molar-refractivity contribution < 1.29 is 9.47 Å². The van der Waals surface area contributed by atoms with Crippen molar-refractivity contribution in [3.63, 3.8) is 0 Å². The zero-order valence-electron chi connectivity index (χ0n) is 14.7. The Bertz CT molecular complexity index is 727. The number of hydrogen-bond acceptors (Lipinski definition) is 3. The number of methoxy groups -OCH3 is 2. The zero-order chi connectivity index (χ0) is 17.5. The highest BCUT2D eigenvalue weighted by Crippen LogP contribution is 2.24. The molecule has 2 aromatic rings. The summed E-state index contributed by atoms with van der Waals surface area (Å²) in [4.78, 5) is 4.38. The average molecular weight is 327 g/mol. The molecule has 0 atom stereocenters. The van der Waals surface area contributed by atoms with E-state index in [-0.39, 0.29) is 0 Å². The molecule has 0 saturated carbocycles. The van der Waals surface area contributed by atoms with Crippen LogP contribution in [0.15, 0.2) is 41.4 Å². The number of guanidine groups is 1. The standard InChI is InChI=1S/C19H25N3O2/c1-13-5-6-16(11-14(13)2)22-19(20)21-10-9-15-12-17(23-3)7-8-18(15)24-4/h5-8,11-12H,9-10H2,1-4H3,(H3,20,21,22). The molecule has 0 bridgehead atoms. The maximum atomic E-state index is 5.97. The van der Waals surface area contributed by atoms with E-state index in [1.165, 1.54) is 11.1 Å². The summed E-state index contributed by atoms with van der Waals surface area (Å²) in [5.41, 5.74) is 10.4. The Hall–Kier alpha value is -2.69. The number of rotatable bonds is 6. The van der Waals surface area contributed by atoms with Crippen LogP contribution >= 0.6 is 0 Å². The van der Waals surface area contributed by atoms with Crippen LogP contribution in [0.1, 0.15) is 16.7 Å². The van der Waals surface area contributed by atoms with Crippen LogP contribution in [0.25, 0.3) is 0 Å². The fraction of sp³-hybridized carbons (Fsp3) is 0.316. The highest BCUT2D eigenvalue weighted by molar-refractivity contribution is 5.92. The van der Waals surface area contributed by atoms with Crippen molar-refractivity contribution in [1.82, 2.24) is 0 Å². The van der Waals surface area contributed by atoms with Gasteiger partial charge in [-0.15, -0.1) is 0 Å². The number of nitrogens with two attached hydrogens (primary N) is 1. The van der Waals surface area contributed by atoms with Crippen LogP contribution in [0.5, 0.6) is 11.5 Å². The Kier molecular flexibility index (Phi) is 6.07. The van der Waals surface area contributed by atoms with Crippen LogP contribution < -0.4 is 20.5 Å². The minimum absolute atomic E-state index is 0.403. The van der Waals surface area contributed by atoms with Gasteiger partial charge < -0.3 is 20.5 Å². The second-order valence-corrected chi connectivity index (χ2v) is 5.62. The third kappa shape index (κ3) is 4.65. The van der Waals surface area contributed by atoms with Gasteiger partial charge >= 0.3 is 0 Å². The van der Waals surface area contributed by atoms with Crippen LogP contribution in [-0.2, 0) is 6.42 Å². The average Bonchev–Trinajstić information content (AvgIpc) is 2.58. The summed E-state index contributed by atoms with van der Waals surface area (Å²) in [6, 6.07) is 11.8. The van der Waals surface area contributed by atoms with Gasteiger partial charge in [0, 0.05) is 12.2 Å². The number of benzene rings is 2. The minimum atomic E-state index is 0.403. The smallest absolute Gasteiger partial charge is 0.193 e. The van der Waals surface area contributed by atoms with Crippen molar-refractivity contribution in [3.8, 4) is 11.5 Å². The lowest BCUT2D eigenvalue weighted by Gasteiger charge is -2.10. The molecule has 2 rings (SSSR count). The monoisotopic (exact) mass is 327 g/mol. The second kappa shape index (κ2) is 8.24. The number of nitrogens with one attached hydrogen (secondary N) is 1. The molecule has 0 aliphatic rings. The number of nitrogens with zero attached hydrogens (tertiary/aromatic N) is 1. The lowest BCUT2D eigenvalue weighted by molar-refractivity contribution is 0.399. The van der Waals surface area contributed by atoms with E-state index >= 15 is 0 Å². The van der Waals surface area contributed by atoms with E-state index in [0.717, 1.165) is 29.2 Å². The maximum Gasteiger partial charge on any atom is 0.193 e. The van der Waals surface area contributed by atoms with E-state index < -0.39 is 0 Å². The molecule has 0 aromatic heterocycles. The van der Waals surface area contributed by atoms with E-state index in [0.29, 0.717) is 12.5 Å². The molecule has 5 heteroatoms. The summed E-state index contributed by atoms with van der Waals surface area (Å²) < 4.78 is 10.6. The van der Waals surface area contributed by atoms with Crippen LogP contribution in [0.4, 0.5) is 5.69 Å². The Morgan fingerprint density at radius 2 is 1.83 bits per heavy atom. The van der Waals surface area contributed by atoms with Crippen LogP contribution in [0.2, 0.25) is 0 Å². The number of aryl methyl sites for hydroxylation is 2. The van der Waals surface area contributed by atoms with Crippen LogP contribution in [0.3, 0.4) is 0 Å². The van der Waals surface area contributed by atoms with E-state index in [2.05, 4.69) is 36.3 Å². The van der Waals surface area contributed by atoms with Crippen molar-refractivity contribution in [2.75, 3.05) is 26.1 Å². The first-order valence-electron chi connectivity index (χ1n) is 7.88. The van der Waals surface area contributed by atoms with Crippen molar-refractivity contribution in [3.05, 3.63) is 53.1 Å². The molecule has 0 unspecified atom stereocenters. The number of hydrogen-bond donors (Lipinski definition) is 2. The first-order valence-corrected chi connectivity index (χ1v) is 7.88. The Balaban J connectivity index is 1.99. The molecule has 0 radical (unpaired) electrons. The van der Waals surface area contributed by atoms with Crippen molar-refractivity contribution >= 4 is 11.6 Å². The van der Waals surface area contributed by atoms with Gasteiger partial charge in [0.2, 0.25) is 0 Å². The molecule has 2 aromatic carbocycles. The first-order chi connectivity index (χ1) is 11.5. The maximum absolute atomic E-state index is 5.97. The van der Waals surface area contributed by atoms with Gasteiger partial charge in [-0.3, -0.25) is 4.99 Å². The van der Waals surface area contributed by atoms with E-state index in [4.69, 9.17) is 15.2 Å². The molecule has 0 fully saturated rings. The normalized spacial score (nSPS) is 11.2. The van der Waals surface area contributed by atoms with Gasteiger partial charge in [0.25, 0.3) is 0 Å². The lowest BCUT2D eigenvalue weighted by Crippen LogP contribution is -2.23. The molecule has 128 valence electrons. The van der Waals surface area contributed by atoms with Gasteiger partial charge in [0.15, 0.2) is 5.96 Å². The Morgan fingerprint density at radius 1 is 1.04 bits per heavy atom. The molecule has 0 aliphatic heterocycles. The summed E-state index contributed by atoms with van der Waals surface area (Å²) in [7, 11) is 3.30. The molecule has 0 heterocycles. The van der Waals surface area contributed by atoms with Gasteiger partial charge in [0.05, 0.1) is 14.2 Å². The van der Waals surface area contributed by atoms with Crippen molar-refractivity contribution in [2.45, 2.75) is 20.3 Å². The number of anilines is 1. The lowest BCUT2D eigenvalue weighted by atomic mass is 10.1. The quantitative estimate of drug-likeness (QED) is 0.631. The van der Waals surface area contributed by atoms with Gasteiger partial charge in [-0.25, -0.2) is 0 Å². The molecule has 0 spiro atoms. The fourth-order valence-electron chi connectivity index (χ4n) is 2.38. The van der Waals surface area contributed by atoms with Crippen LogP contribution in [-0.4, -0.2) is 26.7 Å². The van der Waals surface area contributed by atoms with Gasteiger partial charge in [0.1, 0.15) is 11.5 Å². The minimum Gasteiger partial charge on any atom is -0.497 e. The van der Waals surface area contributed by atoms with Crippen LogP contribution in [0, 0.1) is 13.8 Å². The molecular weight excluding hydrogens is 302 g/mol. The number of aliphatic imine (C=N–C) groups is 1. The third-order valence-corrected chi connectivity index (χ3v) is 3.93. The fourth-order valence-corrected chi connectivity index (χ4v) is 2.38. The predicted molar refractivity (Wildman–Crippen MR) is 99.3 cm³/mol. The number of ether oxygens (including phenoxy) is 2. The van der Waals surface area contributed by atoms with Crippen molar-refractivity contribution in [1.29, 1.82) is 0 Å². The van der Waals surface area contributed by atoms with E-state index in [1.807, 2.05) is 24.3 Å². The molecule has 3 N–H and O–H groups in total. The SMILES string of the molecule is COc1ccc(OC)c(CCN=C(N)Nc2ccc(C)c(C)c2)c1. The van der Waals surface area contributed by atoms with E-state index in [9.17, 15) is 0 Å². The topological polar surface area (TPSA) is 68.9 Å². The largest absolute Gasteiger partial charge is 0.497 e. The summed E-state index contributed by atoms with van der Waals surface area (Å²) in [5, 5.41) is 3.12. The molecule has 0 saturated heterocycles. The Morgan fingerprint density at radius 3 is 2.50 bits per heavy atom. The molecular formula is C19H25N3O2. The second-order valence-electron chi connectivity index (χ2n) is 5.62. The van der Waals surface area contributed by atoms with Gasteiger partial charge in [-0.2, -0.15) is 0 Å². The Labute approximate surface area is 143 Å². The summed E-state index contributed by atoms with van der Waals surface area (Å²) in [6.45, 7) is 4.72. The molecule has 0 aliphatic carbocycles.